The highest BCUT2D eigenvalue weighted by molar-refractivity contribution is 7.92. The van der Waals surface area contributed by atoms with Crippen molar-refractivity contribution in [2.24, 2.45) is 0 Å². The fourth-order valence-electron chi connectivity index (χ4n) is 2.50. The number of aromatic nitrogens is 1. The van der Waals surface area contributed by atoms with Crippen molar-refractivity contribution in [1.29, 1.82) is 0 Å². The van der Waals surface area contributed by atoms with Crippen molar-refractivity contribution in [3.05, 3.63) is 54.4 Å². The maximum absolute atomic E-state index is 12.5. The monoisotopic (exact) mass is 377 g/mol. The van der Waals surface area contributed by atoms with Gasteiger partial charge in [-0.05, 0) is 49.7 Å². The third-order valence-corrected chi connectivity index (χ3v) is 4.92. The SMILES string of the molecule is CCOc1ccc(N([C@@H](C)C(=O)NCc2cccnc2)S(C)(=O)=O)cc1. The number of benzene rings is 1. The van der Waals surface area contributed by atoms with Crippen molar-refractivity contribution in [2.75, 3.05) is 17.2 Å². The second-order valence-corrected chi connectivity index (χ2v) is 7.60. The lowest BCUT2D eigenvalue weighted by molar-refractivity contribution is -0.122. The third kappa shape index (κ3) is 5.19. The van der Waals surface area contributed by atoms with Crippen LogP contribution in [0, 0.1) is 0 Å². The predicted molar refractivity (Wildman–Crippen MR) is 100 cm³/mol. The lowest BCUT2D eigenvalue weighted by atomic mass is 10.2. The van der Waals surface area contributed by atoms with Crippen LogP contribution >= 0.6 is 0 Å². The Morgan fingerprint density at radius 2 is 1.96 bits per heavy atom. The number of hydrogen-bond donors (Lipinski definition) is 1. The van der Waals surface area contributed by atoms with Crippen LogP contribution in [0.5, 0.6) is 5.75 Å². The zero-order chi connectivity index (χ0) is 19.2. The van der Waals surface area contributed by atoms with E-state index in [0.717, 1.165) is 16.1 Å². The fourth-order valence-corrected chi connectivity index (χ4v) is 3.68. The highest BCUT2D eigenvalue weighted by Gasteiger charge is 2.29. The van der Waals surface area contributed by atoms with Crippen molar-refractivity contribution in [1.82, 2.24) is 10.3 Å². The van der Waals surface area contributed by atoms with Gasteiger partial charge >= 0.3 is 0 Å². The molecule has 0 unspecified atom stereocenters. The van der Waals surface area contributed by atoms with Crippen LogP contribution in [0.15, 0.2) is 48.8 Å². The lowest BCUT2D eigenvalue weighted by Gasteiger charge is -2.28. The van der Waals surface area contributed by atoms with Gasteiger partial charge in [0.25, 0.3) is 0 Å². The zero-order valence-corrected chi connectivity index (χ0v) is 15.9. The summed E-state index contributed by atoms with van der Waals surface area (Å²) in [7, 11) is -3.65. The first-order chi connectivity index (χ1) is 12.3. The van der Waals surface area contributed by atoms with E-state index in [9.17, 15) is 13.2 Å². The standard InChI is InChI=1S/C18H23N3O4S/c1-4-25-17-9-7-16(8-10-17)21(26(3,23)24)14(2)18(22)20-13-15-6-5-11-19-12-15/h5-12,14H,4,13H2,1-3H3,(H,20,22)/t14-/m0/s1. The largest absolute Gasteiger partial charge is 0.494 e. The number of rotatable bonds is 8. The molecule has 140 valence electrons. The average molecular weight is 377 g/mol. The predicted octanol–water partition coefficient (Wildman–Crippen LogP) is 1.95. The summed E-state index contributed by atoms with van der Waals surface area (Å²) in [5.41, 5.74) is 1.24. The van der Waals surface area contributed by atoms with Crippen LogP contribution in [0.2, 0.25) is 0 Å². The van der Waals surface area contributed by atoms with Gasteiger partial charge in [0.05, 0.1) is 18.6 Å². The molecule has 1 aromatic carbocycles. The number of amides is 1. The lowest BCUT2D eigenvalue weighted by Crippen LogP contribution is -2.47. The van der Waals surface area contributed by atoms with E-state index in [1.54, 1.807) is 49.6 Å². The maximum Gasteiger partial charge on any atom is 0.243 e. The first-order valence-electron chi connectivity index (χ1n) is 8.21. The third-order valence-electron chi connectivity index (χ3n) is 3.68. The Morgan fingerprint density at radius 1 is 1.27 bits per heavy atom. The van der Waals surface area contributed by atoms with Gasteiger partial charge < -0.3 is 10.1 Å². The van der Waals surface area contributed by atoms with E-state index in [1.807, 2.05) is 13.0 Å². The molecule has 1 N–H and O–H groups in total. The molecular weight excluding hydrogens is 354 g/mol. The highest BCUT2D eigenvalue weighted by atomic mass is 32.2. The smallest absolute Gasteiger partial charge is 0.243 e. The molecule has 0 aliphatic heterocycles. The fraction of sp³-hybridized carbons (Fsp3) is 0.333. The van der Waals surface area contributed by atoms with Gasteiger partial charge in [-0.25, -0.2) is 8.42 Å². The number of pyridine rings is 1. The molecule has 1 heterocycles. The molecule has 0 aliphatic rings. The number of carbonyl (C=O) groups is 1. The number of nitrogens with one attached hydrogen (secondary N) is 1. The van der Waals surface area contributed by atoms with Gasteiger partial charge in [-0.1, -0.05) is 6.07 Å². The maximum atomic E-state index is 12.5. The molecule has 8 heteroatoms. The van der Waals surface area contributed by atoms with Crippen LogP contribution < -0.4 is 14.4 Å². The number of ether oxygens (including phenoxy) is 1. The summed E-state index contributed by atoms with van der Waals surface area (Å²) in [6, 6.07) is 9.30. The van der Waals surface area contributed by atoms with Gasteiger partial charge in [0.2, 0.25) is 15.9 Å². The molecule has 0 spiro atoms. The molecule has 0 radical (unpaired) electrons. The number of nitrogens with zero attached hydrogens (tertiary/aromatic N) is 2. The second kappa shape index (κ2) is 8.66. The minimum absolute atomic E-state index is 0.276. The Morgan fingerprint density at radius 3 is 2.50 bits per heavy atom. The molecule has 7 nitrogen and oxygen atoms in total. The first kappa shape index (κ1) is 19.7. The summed E-state index contributed by atoms with van der Waals surface area (Å²) in [6.45, 7) is 4.21. The van der Waals surface area contributed by atoms with Gasteiger partial charge in [-0.2, -0.15) is 0 Å². The molecule has 0 saturated carbocycles. The van der Waals surface area contributed by atoms with Gasteiger partial charge in [0.1, 0.15) is 11.8 Å². The Labute approximate surface area is 154 Å². The summed E-state index contributed by atoms with van der Waals surface area (Å²) < 4.78 is 31.0. The average Bonchev–Trinajstić information content (AvgIpc) is 2.61. The molecule has 0 saturated heterocycles. The molecule has 0 aliphatic carbocycles. The van der Waals surface area contributed by atoms with Crippen LogP contribution in [0.1, 0.15) is 19.4 Å². The van der Waals surface area contributed by atoms with Crippen LogP contribution in [-0.2, 0) is 21.4 Å². The molecule has 1 amide bonds. The summed E-state index contributed by atoms with van der Waals surface area (Å²) in [6.07, 6.45) is 4.37. The Kier molecular flexibility index (Phi) is 6.57. The van der Waals surface area contributed by atoms with E-state index in [2.05, 4.69) is 10.3 Å². The molecule has 26 heavy (non-hydrogen) atoms. The van der Waals surface area contributed by atoms with E-state index in [-0.39, 0.29) is 6.54 Å². The summed E-state index contributed by atoms with van der Waals surface area (Å²) in [5, 5.41) is 2.74. The van der Waals surface area contributed by atoms with Crippen LogP contribution in [0.4, 0.5) is 5.69 Å². The topological polar surface area (TPSA) is 88.6 Å². The van der Waals surface area contributed by atoms with Gasteiger partial charge in [-0.15, -0.1) is 0 Å². The van der Waals surface area contributed by atoms with Crippen molar-refractivity contribution in [2.45, 2.75) is 26.4 Å². The Bertz CT molecular complexity index is 823. The Balaban J connectivity index is 2.16. The zero-order valence-electron chi connectivity index (χ0n) is 15.0. The molecule has 0 fully saturated rings. The minimum Gasteiger partial charge on any atom is -0.494 e. The molecule has 1 aromatic heterocycles. The van der Waals surface area contributed by atoms with E-state index in [1.165, 1.54) is 0 Å². The van der Waals surface area contributed by atoms with Gasteiger partial charge in [-0.3, -0.25) is 14.1 Å². The summed E-state index contributed by atoms with van der Waals surface area (Å²) in [5.74, 6) is 0.242. The Hall–Kier alpha value is -2.61. The van der Waals surface area contributed by atoms with Gasteiger partial charge in [0.15, 0.2) is 0 Å². The number of anilines is 1. The quantitative estimate of drug-likeness (QED) is 0.760. The van der Waals surface area contributed by atoms with Crippen LogP contribution in [0.3, 0.4) is 0 Å². The summed E-state index contributed by atoms with van der Waals surface area (Å²) >= 11 is 0. The molecule has 0 bridgehead atoms. The molecule has 2 rings (SSSR count). The van der Waals surface area contributed by atoms with Crippen molar-refractivity contribution in [3.63, 3.8) is 0 Å². The highest BCUT2D eigenvalue weighted by Crippen LogP contribution is 2.24. The van der Waals surface area contributed by atoms with Crippen LogP contribution in [-0.4, -0.2) is 38.2 Å². The molecule has 1 atom stereocenters. The van der Waals surface area contributed by atoms with Crippen molar-refractivity contribution < 1.29 is 17.9 Å². The number of carbonyl (C=O) groups excluding carboxylic acids is 1. The van der Waals surface area contributed by atoms with Crippen LogP contribution in [0.25, 0.3) is 0 Å². The van der Waals surface area contributed by atoms with Gasteiger partial charge in [0, 0.05) is 18.9 Å². The minimum atomic E-state index is -3.65. The van der Waals surface area contributed by atoms with E-state index in [4.69, 9.17) is 4.74 Å². The van der Waals surface area contributed by atoms with Crippen molar-refractivity contribution >= 4 is 21.6 Å². The number of hydrogen-bond acceptors (Lipinski definition) is 5. The van der Waals surface area contributed by atoms with E-state index >= 15 is 0 Å². The number of sulfonamides is 1. The molecule has 2 aromatic rings. The van der Waals surface area contributed by atoms with E-state index in [0.29, 0.717) is 18.0 Å². The normalized spacial score (nSPS) is 12.3. The second-order valence-electron chi connectivity index (χ2n) is 5.74. The van der Waals surface area contributed by atoms with E-state index < -0.39 is 22.0 Å². The summed E-state index contributed by atoms with van der Waals surface area (Å²) in [4.78, 5) is 16.5. The molecular formula is C18H23N3O4S. The van der Waals surface area contributed by atoms with Crippen molar-refractivity contribution in [3.8, 4) is 5.75 Å². The first-order valence-corrected chi connectivity index (χ1v) is 10.1.